The summed E-state index contributed by atoms with van der Waals surface area (Å²) in [6.45, 7) is 1.68. The van der Waals surface area contributed by atoms with Crippen molar-refractivity contribution in [2.75, 3.05) is 0 Å². The topological polar surface area (TPSA) is 34.1 Å². The van der Waals surface area contributed by atoms with Crippen molar-refractivity contribution in [2.24, 2.45) is 0 Å². The van der Waals surface area contributed by atoms with Gasteiger partial charge in [0.15, 0.2) is 11.6 Å². The highest BCUT2D eigenvalue weighted by Crippen LogP contribution is 2.16. The third kappa shape index (κ3) is 2.16. The van der Waals surface area contributed by atoms with Crippen molar-refractivity contribution < 1.29 is 9.59 Å². The number of ketones is 2. The summed E-state index contributed by atoms with van der Waals surface area (Å²) in [6.07, 6.45) is 3.34. The second kappa shape index (κ2) is 4.27. The fourth-order valence-corrected chi connectivity index (χ4v) is 1.76. The van der Waals surface area contributed by atoms with E-state index in [1.54, 1.807) is 6.92 Å². The number of hydrogen-bond donors (Lipinski definition) is 0. The molecule has 0 amide bonds. The molecular formula is C14H12O2. The van der Waals surface area contributed by atoms with Crippen LogP contribution in [0.4, 0.5) is 0 Å². The van der Waals surface area contributed by atoms with Crippen LogP contribution in [0.5, 0.6) is 0 Å². The van der Waals surface area contributed by atoms with Crippen molar-refractivity contribution in [2.45, 2.75) is 13.3 Å². The van der Waals surface area contributed by atoms with Crippen LogP contribution in [0.25, 0.3) is 0 Å². The zero-order valence-corrected chi connectivity index (χ0v) is 9.07. The number of Topliss-reactive ketones (excluding diaryl/α,β-unsaturated/α-hetero) is 1. The first-order valence-electron chi connectivity index (χ1n) is 5.18. The largest absolute Gasteiger partial charge is 0.290 e. The molecule has 0 saturated heterocycles. The molecule has 0 aromatic heterocycles. The Morgan fingerprint density at radius 2 is 1.69 bits per heavy atom. The number of carbonyl (C=O) groups excluding carboxylic acids is 2. The van der Waals surface area contributed by atoms with E-state index < -0.39 is 0 Å². The van der Waals surface area contributed by atoms with Crippen molar-refractivity contribution in [1.82, 2.24) is 0 Å². The lowest BCUT2D eigenvalue weighted by Crippen LogP contribution is -2.14. The summed E-state index contributed by atoms with van der Waals surface area (Å²) < 4.78 is 0. The predicted octanol–water partition coefficient (Wildman–Crippen LogP) is 2.25. The molecule has 0 spiro atoms. The highest BCUT2D eigenvalue weighted by Gasteiger charge is 2.18. The summed E-state index contributed by atoms with van der Waals surface area (Å²) in [6, 6.07) is 9.68. The summed E-state index contributed by atoms with van der Waals surface area (Å²) in [5, 5.41) is 0. The highest BCUT2D eigenvalue weighted by molar-refractivity contribution is 6.20. The van der Waals surface area contributed by atoms with Gasteiger partial charge in [-0.05, 0) is 24.6 Å². The maximum atomic E-state index is 11.8. The molecule has 0 aliphatic heterocycles. The molecule has 0 radical (unpaired) electrons. The van der Waals surface area contributed by atoms with Crippen molar-refractivity contribution in [3.05, 3.63) is 59.2 Å². The molecule has 0 saturated carbocycles. The maximum absolute atomic E-state index is 11.8. The molecule has 0 fully saturated rings. The van der Waals surface area contributed by atoms with Crippen molar-refractivity contribution >= 4 is 11.6 Å². The lowest BCUT2D eigenvalue weighted by Gasteiger charge is -2.10. The third-order valence-electron chi connectivity index (χ3n) is 2.56. The van der Waals surface area contributed by atoms with Gasteiger partial charge < -0.3 is 0 Å². The van der Waals surface area contributed by atoms with E-state index in [9.17, 15) is 9.59 Å². The molecule has 1 aliphatic rings. The normalized spacial score (nSPS) is 15.8. The van der Waals surface area contributed by atoms with Crippen LogP contribution < -0.4 is 0 Å². The number of hydrogen-bond acceptors (Lipinski definition) is 2. The average molecular weight is 212 g/mol. The SMILES string of the molecule is CC1=CC(=O)C=C(Cc2ccccc2)C1=O. The van der Waals surface area contributed by atoms with Crippen LogP contribution in [-0.4, -0.2) is 11.6 Å². The molecule has 16 heavy (non-hydrogen) atoms. The van der Waals surface area contributed by atoms with E-state index in [0.29, 0.717) is 17.6 Å². The standard InChI is InChI=1S/C14H12O2/c1-10-7-13(15)9-12(14(10)16)8-11-5-3-2-4-6-11/h2-7,9H,8H2,1H3. The molecule has 2 rings (SSSR count). The second-order valence-electron chi connectivity index (χ2n) is 3.89. The highest BCUT2D eigenvalue weighted by atomic mass is 16.1. The van der Waals surface area contributed by atoms with Gasteiger partial charge in [-0.3, -0.25) is 9.59 Å². The van der Waals surface area contributed by atoms with Crippen LogP contribution in [-0.2, 0) is 16.0 Å². The second-order valence-corrected chi connectivity index (χ2v) is 3.89. The first-order valence-corrected chi connectivity index (χ1v) is 5.18. The molecule has 0 heterocycles. The Balaban J connectivity index is 2.23. The van der Waals surface area contributed by atoms with Gasteiger partial charge in [-0.2, -0.15) is 0 Å². The Morgan fingerprint density at radius 3 is 2.38 bits per heavy atom. The maximum Gasteiger partial charge on any atom is 0.185 e. The number of allylic oxidation sites excluding steroid dienone is 4. The van der Waals surface area contributed by atoms with Gasteiger partial charge in [0.1, 0.15) is 0 Å². The summed E-state index contributed by atoms with van der Waals surface area (Å²) >= 11 is 0. The van der Waals surface area contributed by atoms with Gasteiger partial charge in [-0.25, -0.2) is 0 Å². The summed E-state index contributed by atoms with van der Waals surface area (Å²) in [4.78, 5) is 23.1. The van der Waals surface area contributed by atoms with Crippen LogP contribution in [0.15, 0.2) is 53.6 Å². The fraction of sp³-hybridized carbons (Fsp3) is 0.143. The molecule has 1 aliphatic carbocycles. The summed E-state index contributed by atoms with van der Waals surface area (Å²) in [5.41, 5.74) is 2.15. The van der Waals surface area contributed by atoms with Crippen LogP contribution in [0.1, 0.15) is 12.5 Å². The minimum atomic E-state index is -0.0944. The van der Waals surface area contributed by atoms with Gasteiger partial charge in [-0.1, -0.05) is 30.3 Å². The number of rotatable bonds is 2. The molecule has 0 N–H and O–H groups in total. The quantitative estimate of drug-likeness (QED) is 0.704. The van der Waals surface area contributed by atoms with E-state index in [2.05, 4.69) is 0 Å². The smallest absolute Gasteiger partial charge is 0.185 e. The fourth-order valence-electron chi connectivity index (χ4n) is 1.76. The first kappa shape index (κ1) is 10.6. The van der Waals surface area contributed by atoms with Gasteiger partial charge in [0.05, 0.1) is 0 Å². The van der Waals surface area contributed by atoms with Gasteiger partial charge in [0.25, 0.3) is 0 Å². The monoisotopic (exact) mass is 212 g/mol. The number of carbonyl (C=O) groups is 2. The molecule has 80 valence electrons. The molecule has 1 aromatic carbocycles. The van der Waals surface area contributed by atoms with E-state index >= 15 is 0 Å². The Morgan fingerprint density at radius 1 is 1.00 bits per heavy atom. The van der Waals surface area contributed by atoms with Crippen LogP contribution in [0.2, 0.25) is 0 Å². The van der Waals surface area contributed by atoms with E-state index in [0.717, 1.165) is 5.56 Å². The number of benzene rings is 1. The Kier molecular flexibility index (Phi) is 2.82. The molecular weight excluding hydrogens is 200 g/mol. The summed E-state index contributed by atoms with van der Waals surface area (Å²) in [7, 11) is 0. The zero-order valence-electron chi connectivity index (χ0n) is 9.07. The van der Waals surface area contributed by atoms with E-state index in [-0.39, 0.29) is 11.6 Å². The van der Waals surface area contributed by atoms with Crippen molar-refractivity contribution in [1.29, 1.82) is 0 Å². The Bertz CT molecular complexity index is 493. The molecule has 2 nitrogen and oxygen atoms in total. The van der Waals surface area contributed by atoms with Gasteiger partial charge in [0.2, 0.25) is 0 Å². The van der Waals surface area contributed by atoms with E-state index in [1.807, 2.05) is 30.3 Å². The minimum absolute atomic E-state index is 0.0246. The molecule has 2 heteroatoms. The first-order chi connectivity index (χ1) is 7.66. The van der Waals surface area contributed by atoms with Gasteiger partial charge in [0, 0.05) is 17.6 Å². The molecule has 0 bridgehead atoms. The Labute approximate surface area is 94.3 Å². The van der Waals surface area contributed by atoms with Crippen molar-refractivity contribution in [3.8, 4) is 0 Å². The third-order valence-corrected chi connectivity index (χ3v) is 2.56. The molecule has 0 atom stereocenters. The lowest BCUT2D eigenvalue weighted by molar-refractivity contribution is -0.115. The molecule has 0 unspecified atom stereocenters. The van der Waals surface area contributed by atoms with Crippen molar-refractivity contribution in [3.63, 3.8) is 0 Å². The van der Waals surface area contributed by atoms with Gasteiger partial charge in [-0.15, -0.1) is 0 Å². The van der Waals surface area contributed by atoms with E-state index in [1.165, 1.54) is 12.2 Å². The average Bonchev–Trinajstić information content (AvgIpc) is 2.27. The summed E-state index contributed by atoms with van der Waals surface area (Å²) in [5.74, 6) is -0.119. The zero-order chi connectivity index (χ0) is 11.5. The molecule has 1 aromatic rings. The van der Waals surface area contributed by atoms with Crippen LogP contribution in [0.3, 0.4) is 0 Å². The van der Waals surface area contributed by atoms with Gasteiger partial charge >= 0.3 is 0 Å². The lowest BCUT2D eigenvalue weighted by atomic mass is 9.92. The minimum Gasteiger partial charge on any atom is -0.290 e. The van der Waals surface area contributed by atoms with E-state index in [4.69, 9.17) is 0 Å². The van der Waals surface area contributed by atoms with Crippen LogP contribution >= 0.6 is 0 Å². The Hall–Kier alpha value is -1.96. The predicted molar refractivity (Wildman–Crippen MR) is 62.0 cm³/mol. The van der Waals surface area contributed by atoms with Crippen LogP contribution in [0, 0.1) is 0 Å².